The van der Waals surface area contributed by atoms with E-state index in [1.807, 2.05) is 49.8 Å². The summed E-state index contributed by atoms with van der Waals surface area (Å²) < 4.78 is 5.78. The number of hydrogen-bond donors (Lipinski definition) is 1. The zero-order chi connectivity index (χ0) is 23.9. The first-order valence-corrected chi connectivity index (χ1v) is 14.8. The highest BCUT2D eigenvalue weighted by Gasteiger charge is 2.20. The Labute approximate surface area is 213 Å². The van der Waals surface area contributed by atoms with Gasteiger partial charge in [0.2, 0.25) is 5.91 Å². The van der Waals surface area contributed by atoms with Gasteiger partial charge in [-0.05, 0) is 50.6 Å². The van der Waals surface area contributed by atoms with Gasteiger partial charge < -0.3 is 14.6 Å². The maximum absolute atomic E-state index is 12.8. The number of pyridine rings is 1. The number of carbonyl (C=O) groups excluding carboxylic acids is 1. The molecule has 0 aliphatic carbocycles. The van der Waals surface area contributed by atoms with Gasteiger partial charge in [-0.1, -0.05) is 23.9 Å². The lowest BCUT2D eigenvalue weighted by atomic mass is 10.3. The van der Waals surface area contributed by atoms with E-state index in [0.29, 0.717) is 6.54 Å². The van der Waals surface area contributed by atoms with Crippen molar-refractivity contribution in [1.29, 1.82) is 0 Å². The summed E-state index contributed by atoms with van der Waals surface area (Å²) in [5, 5.41) is 4.74. The second-order valence-electron chi connectivity index (χ2n) is 8.17. The second kappa shape index (κ2) is 12.3. The van der Waals surface area contributed by atoms with Gasteiger partial charge in [-0.3, -0.25) is 9.69 Å². The molecule has 34 heavy (non-hydrogen) atoms. The Kier molecular flexibility index (Phi) is 9.18. The number of amides is 1. The summed E-state index contributed by atoms with van der Waals surface area (Å²) in [5.41, 5.74) is 3.57. The Morgan fingerprint density at radius 2 is 1.85 bits per heavy atom. The van der Waals surface area contributed by atoms with Crippen LogP contribution in [0.25, 0.3) is 11.1 Å². The van der Waals surface area contributed by atoms with Gasteiger partial charge in [0, 0.05) is 42.5 Å². The number of carbonyl (C=O) groups is 1. The van der Waals surface area contributed by atoms with Crippen LogP contribution in [0.15, 0.2) is 49.9 Å². The lowest BCUT2D eigenvalue weighted by Gasteiger charge is -2.34. The third-order valence-corrected chi connectivity index (χ3v) is 8.06. The Morgan fingerprint density at radius 3 is 2.59 bits per heavy atom. The number of aromatic nitrogens is 2. The minimum atomic E-state index is 0.0273. The van der Waals surface area contributed by atoms with Crippen molar-refractivity contribution in [3.63, 3.8) is 0 Å². The van der Waals surface area contributed by atoms with Crippen LogP contribution in [0.4, 0.5) is 5.69 Å². The predicted octanol–water partition coefficient (Wildman–Crippen LogP) is 4.71. The van der Waals surface area contributed by atoms with Crippen LogP contribution in [-0.4, -0.2) is 83.2 Å². The second-order valence-corrected chi connectivity index (χ2v) is 10.9. The van der Waals surface area contributed by atoms with E-state index in [1.165, 1.54) is 0 Å². The van der Waals surface area contributed by atoms with Crippen LogP contribution in [0.5, 0.6) is 0 Å². The van der Waals surface area contributed by atoms with Crippen LogP contribution in [0.1, 0.15) is 12.1 Å². The Bertz CT molecular complexity index is 1060. The smallest absolute Gasteiger partial charge is 0.256 e. The van der Waals surface area contributed by atoms with Gasteiger partial charge in [0.25, 0.3) is 5.22 Å². The largest absolute Gasteiger partial charge is 0.431 e. The van der Waals surface area contributed by atoms with Crippen molar-refractivity contribution in [2.24, 2.45) is 0 Å². The average molecular weight is 518 g/mol. The number of oxazole rings is 1. The van der Waals surface area contributed by atoms with E-state index in [-0.39, 0.29) is 5.91 Å². The number of aryl methyl sites for hydroxylation is 1. The maximum Gasteiger partial charge on any atom is 0.256 e. The SMILES string of the molecule is CSc1cc(C)nc(SC)c1NC(=O)CN1CCN(CCCSc2nc3ccccc3o2)CC1. The third kappa shape index (κ3) is 6.69. The van der Waals surface area contributed by atoms with Crippen molar-refractivity contribution < 1.29 is 9.21 Å². The zero-order valence-electron chi connectivity index (χ0n) is 19.9. The molecule has 7 nitrogen and oxygen atoms in total. The van der Waals surface area contributed by atoms with Crippen LogP contribution >= 0.6 is 35.3 Å². The molecule has 1 aromatic carbocycles. The van der Waals surface area contributed by atoms with Gasteiger partial charge in [-0.25, -0.2) is 9.97 Å². The van der Waals surface area contributed by atoms with E-state index in [0.717, 1.165) is 82.5 Å². The molecule has 0 spiro atoms. The monoisotopic (exact) mass is 517 g/mol. The van der Waals surface area contributed by atoms with E-state index >= 15 is 0 Å². The van der Waals surface area contributed by atoms with Crippen LogP contribution in [0, 0.1) is 6.92 Å². The van der Waals surface area contributed by atoms with Crippen LogP contribution < -0.4 is 5.32 Å². The number of nitrogens with zero attached hydrogens (tertiary/aromatic N) is 4. The fourth-order valence-corrected chi connectivity index (χ4v) is 6.02. The van der Waals surface area contributed by atoms with E-state index in [1.54, 1.807) is 35.3 Å². The van der Waals surface area contributed by atoms with E-state index in [9.17, 15) is 4.79 Å². The first-order chi connectivity index (χ1) is 16.6. The molecule has 10 heteroatoms. The maximum atomic E-state index is 12.8. The number of piperazine rings is 1. The standard InChI is InChI=1S/C24H31N5O2S3/c1-17-15-20(32-2)22(23(25-17)33-3)27-21(30)16-29-12-10-28(11-13-29)9-6-14-34-24-26-18-7-4-5-8-19(18)31-24/h4-5,7-8,15H,6,9-14,16H2,1-3H3,(H,27,30). The molecule has 1 saturated heterocycles. The highest BCUT2D eigenvalue weighted by Crippen LogP contribution is 2.33. The topological polar surface area (TPSA) is 74.5 Å². The normalized spacial score (nSPS) is 15.1. The number of thioether (sulfide) groups is 3. The molecule has 182 valence electrons. The van der Waals surface area contributed by atoms with Crippen molar-refractivity contribution in [2.75, 3.05) is 62.8 Å². The summed E-state index contributed by atoms with van der Waals surface area (Å²) in [6, 6.07) is 9.90. The molecule has 1 fully saturated rings. The molecular formula is C24H31N5O2S3. The summed E-state index contributed by atoms with van der Waals surface area (Å²) in [5.74, 6) is 1.01. The van der Waals surface area contributed by atoms with Gasteiger partial charge in [0.05, 0.1) is 12.2 Å². The average Bonchev–Trinajstić information content (AvgIpc) is 3.26. The Balaban J connectivity index is 1.17. The molecule has 0 bridgehead atoms. The highest BCUT2D eigenvalue weighted by atomic mass is 32.2. The summed E-state index contributed by atoms with van der Waals surface area (Å²) in [6.45, 7) is 7.23. The lowest BCUT2D eigenvalue weighted by Crippen LogP contribution is -2.48. The van der Waals surface area contributed by atoms with E-state index in [2.05, 4.69) is 25.1 Å². The highest BCUT2D eigenvalue weighted by molar-refractivity contribution is 7.99. The summed E-state index contributed by atoms with van der Waals surface area (Å²) >= 11 is 4.88. The molecule has 0 saturated carbocycles. The molecule has 0 unspecified atom stereocenters. The van der Waals surface area contributed by atoms with Crippen molar-refractivity contribution in [3.8, 4) is 0 Å². The fourth-order valence-electron chi connectivity index (χ4n) is 3.95. The number of nitrogens with one attached hydrogen (secondary N) is 1. The van der Waals surface area contributed by atoms with Crippen LogP contribution in [-0.2, 0) is 4.79 Å². The number of benzene rings is 1. The number of hydrogen-bond acceptors (Lipinski definition) is 9. The van der Waals surface area contributed by atoms with E-state index in [4.69, 9.17) is 4.42 Å². The fraction of sp³-hybridized carbons (Fsp3) is 0.458. The van der Waals surface area contributed by atoms with Gasteiger partial charge in [-0.15, -0.1) is 23.5 Å². The first-order valence-electron chi connectivity index (χ1n) is 11.4. The van der Waals surface area contributed by atoms with Gasteiger partial charge in [0.15, 0.2) is 5.58 Å². The Morgan fingerprint density at radius 1 is 1.09 bits per heavy atom. The van der Waals surface area contributed by atoms with Crippen LogP contribution in [0.2, 0.25) is 0 Å². The Hall–Kier alpha value is -1.72. The van der Waals surface area contributed by atoms with Gasteiger partial charge >= 0.3 is 0 Å². The molecule has 1 amide bonds. The lowest BCUT2D eigenvalue weighted by molar-refractivity contribution is -0.117. The van der Waals surface area contributed by atoms with E-state index < -0.39 is 0 Å². The first kappa shape index (κ1) is 25.4. The molecule has 4 rings (SSSR count). The zero-order valence-corrected chi connectivity index (χ0v) is 22.3. The third-order valence-electron chi connectivity index (χ3n) is 5.71. The molecule has 3 aromatic rings. The molecule has 1 aliphatic heterocycles. The quantitative estimate of drug-likeness (QED) is 0.304. The summed E-state index contributed by atoms with van der Waals surface area (Å²) in [6.07, 6.45) is 5.10. The number of rotatable bonds is 10. The summed E-state index contributed by atoms with van der Waals surface area (Å²) in [4.78, 5) is 27.6. The van der Waals surface area contributed by atoms with Crippen molar-refractivity contribution in [3.05, 3.63) is 36.0 Å². The molecular weight excluding hydrogens is 486 g/mol. The number of fused-ring (bicyclic) bond motifs is 1. The van der Waals surface area contributed by atoms with Crippen molar-refractivity contribution in [2.45, 2.75) is 28.5 Å². The minimum absolute atomic E-state index is 0.0273. The van der Waals surface area contributed by atoms with Gasteiger partial charge in [-0.2, -0.15) is 0 Å². The predicted molar refractivity (Wildman–Crippen MR) is 143 cm³/mol. The summed E-state index contributed by atoms with van der Waals surface area (Å²) in [7, 11) is 0. The molecule has 1 aliphatic rings. The molecule has 0 radical (unpaired) electrons. The molecule has 0 atom stereocenters. The van der Waals surface area contributed by atoms with Crippen molar-refractivity contribution >= 4 is 58.0 Å². The molecule has 3 heterocycles. The number of para-hydroxylation sites is 2. The minimum Gasteiger partial charge on any atom is -0.431 e. The van der Waals surface area contributed by atoms with Crippen LogP contribution in [0.3, 0.4) is 0 Å². The van der Waals surface area contributed by atoms with Gasteiger partial charge in [0.1, 0.15) is 10.5 Å². The van der Waals surface area contributed by atoms with Crippen molar-refractivity contribution in [1.82, 2.24) is 19.8 Å². The molecule has 2 aromatic heterocycles. The molecule has 1 N–H and O–H groups in total. The number of anilines is 1.